The molecule has 0 aromatic heterocycles. The number of hydrogen-bond donors (Lipinski definition) is 0. The van der Waals surface area contributed by atoms with Crippen LogP contribution in [-0.4, -0.2) is 0 Å². The first kappa shape index (κ1) is 10.3. The predicted molar refractivity (Wildman–Crippen MR) is 34.7 cm³/mol. The van der Waals surface area contributed by atoms with Crippen molar-refractivity contribution in [3.63, 3.8) is 0 Å². The molecule has 0 N–H and O–H groups in total. The molecule has 1 aromatic rings. The van der Waals surface area contributed by atoms with Crippen molar-refractivity contribution in [3.8, 4) is 0 Å². The molecule has 0 heterocycles. The molecule has 0 bridgehead atoms. The average Bonchev–Trinajstić information content (AvgIpc) is 1.80. The molecule has 2 heteroatoms. The van der Waals surface area contributed by atoms with Gasteiger partial charge in [0.05, 0.1) is 0 Å². The van der Waals surface area contributed by atoms with Gasteiger partial charge in [-0.3, -0.25) is 0 Å². The molecule has 0 aliphatic rings. The Labute approximate surface area is 85.7 Å². The Morgan fingerprint density at radius 2 is 2.00 bits per heavy atom. The van der Waals surface area contributed by atoms with Gasteiger partial charge in [-0.2, -0.15) is 17.7 Å². The minimum Gasteiger partial charge on any atom is -0.235 e. The normalized spacial score (nSPS) is 8.70. The van der Waals surface area contributed by atoms with Crippen molar-refractivity contribution in [1.82, 2.24) is 0 Å². The van der Waals surface area contributed by atoms with Gasteiger partial charge in [-0.1, -0.05) is 13.8 Å². The third-order valence-corrected chi connectivity index (χ3v) is 1.24. The van der Waals surface area contributed by atoms with Crippen LogP contribution in [0.5, 0.6) is 0 Å². The van der Waals surface area contributed by atoms with E-state index in [-0.39, 0.29) is 38.5 Å². The Hall–Kier alpha value is 0.254. The van der Waals surface area contributed by atoms with Gasteiger partial charge in [0.15, 0.2) is 0 Å². The summed E-state index contributed by atoms with van der Waals surface area (Å²) in [6.07, 6.45) is 0. The molecule has 0 amide bonds. The molecule has 0 saturated heterocycles. The minimum atomic E-state index is -0.147. The standard InChI is InChI=1S/C8H8F.Y/c1-6-3-4-7(2)8(9)5-6;/h4-5H,1-2H3;/q-1;. The van der Waals surface area contributed by atoms with Crippen molar-refractivity contribution in [1.29, 1.82) is 0 Å². The number of halogens is 1. The molecule has 0 saturated carbocycles. The summed E-state index contributed by atoms with van der Waals surface area (Å²) in [6.45, 7) is 3.55. The first-order valence-corrected chi connectivity index (χ1v) is 2.84. The van der Waals surface area contributed by atoms with E-state index in [0.29, 0.717) is 5.56 Å². The van der Waals surface area contributed by atoms with Gasteiger partial charge in [0.2, 0.25) is 0 Å². The van der Waals surface area contributed by atoms with Crippen molar-refractivity contribution >= 4 is 0 Å². The van der Waals surface area contributed by atoms with Gasteiger partial charge in [0.1, 0.15) is 0 Å². The van der Waals surface area contributed by atoms with Crippen LogP contribution >= 0.6 is 0 Å². The molecule has 0 nitrogen and oxygen atoms in total. The maximum Gasteiger partial charge on any atom is 0.0182 e. The van der Waals surface area contributed by atoms with E-state index >= 15 is 0 Å². The molecule has 0 fully saturated rings. The number of aryl methyl sites for hydroxylation is 2. The van der Waals surface area contributed by atoms with Gasteiger partial charge >= 0.3 is 0 Å². The fourth-order valence-corrected chi connectivity index (χ4v) is 0.637. The van der Waals surface area contributed by atoms with E-state index in [1.807, 2.05) is 6.92 Å². The summed E-state index contributed by atoms with van der Waals surface area (Å²) in [4.78, 5) is 0. The zero-order valence-electron chi connectivity index (χ0n) is 6.11. The van der Waals surface area contributed by atoms with Gasteiger partial charge in [-0.25, -0.2) is 4.39 Å². The van der Waals surface area contributed by atoms with Crippen molar-refractivity contribution in [2.24, 2.45) is 0 Å². The zero-order chi connectivity index (χ0) is 6.85. The van der Waals surface area contributed by atoms with Gasteiger partial charge in [-0.15, -0.1) is 11.6 Å². The van der Waals surface area contributed by atoms with Crippen LogP contribution in [0.15, 0.2) is 12.1 Å². The van der Waals surface area contributed by atoms with Gasteiger partial charge in [-0.05, 0) is 0 Å². The van der Waals surface area contributed by atoms with Gasteiger partial charge in [0.25, 0.3) is 0 Å². The number of rotatable bonds is 0. The number of benzene rings is 1. The largest absolute Gasteiger partial charge is 0.235 e. The first-order valence-electron chi connectivity index (χ1n) is 2.84. The van der Waals surface area contributed by atoms with Crippen molar-refractivity contribution in [3.05, 3.63) is 35.1 Å². The Morgan fingerprint density at radius 1 is 1.40 bits per heavy atom. The molecular formula is C8H8FY-. The molecule has 0 spiro atoms. The average molecular weight is 212 g/mol. The quantitative estimate of drug-likeness (QED) is 0.578. The van der Waals surface area contributed by atoms with Gasteiger partial charge < -0.3 is 0 Å². The molecule has 1 radical (unpaired) electrons. The zero-order valence-corrected chi connectivity index (χ0v) is 8.95. The molecule has 0 aliphatic heterocycles. The van der Waals surface area contributed by atoms with E-state index in [2.05, 4.69) is 6.07 Å². The summed E-state index contributed by atoms with van der Waals surface area (Å²) in [5, 5.41) is 0. The van der Waals surface area contributed by atoms with Crippen LogP contribution < -0.4 is 0 Å². The third-order valence-electron chi connectivity index (χ3n) is 1.24. The van der Waals surface area contributed by atoms with Crippen molar-refractivity contribution in [2.45, 2.75) is 13.8 Å². The second kappa shape index (κ2) is 4.20. The van der Waals surface area contributed by atoms with E-state index in [1.54, 1.807) is 13.0 Å². The second-order valence-corrected chi connectivity index (χ2v) is 2.15. The summed E-state index contributed by atoms with van der Waals surface area (Å²) >= 11 is 0. The molecule has 1 aromatic carbocycles. The summed E-state index contributed by atoms with van der Waals surface area (Å²) in [6, 6.07) is 6.04. The predicted octanol–water partition coefficient (Wildman–Crippen LogP) is 2.24. The maximum absolute atomic E-state index is 12.6. The molecule has 0 unspecified atom stereocenters. The molecule has 1 rings (SSSR count). The molecular weight excluding hydrogens is 204 g/mol. The van der Waals surface area contributed by atoms with E-state index < -0.39 is 0 Å². The fourth-order valence-electron chi connectivity index (χ4n) is 0.637. The maximum atomic E-state index is 12.6. The SMILES string of the molecule is Cc1[c-]cc(C)c(F)c1.[Y]. The first-order chi connectivity index (χ1) is 4.20. The van der Waals surface area contributed by atoms with Crippen molar-refractivity contribution < 1.29 is 37.1 Å². The van der Waals surface area contributed by atoms with E-state index in [0.717, 1.165) is 5.56 Å². The molecule has 0 aliphatic carbocycles. The third kappa shape index (κ3) is 2.47. The van der Waals surface area contributed by atoms with Crippen LogP contribution in [-0.2, 0) is 32.7 Å². The second-order valence-electron chi connectivity index (χ2n) is 2.15. The van der Waals surface area contributed by atoms with Crippen molar-refractivity contribution in [2.75, 3.05) is 0 Å². The molecule has 51 valence electrons. The summed E-state index contributed by atoms with van der Waals surface area (Å²) in [7, 11) is 0. The van der Waals surface area contributed by atoms with Crippen LogP contribution in [0, 0.1) is 25.7 Å². The van der Waals surface area contributed by atoms with Crippen LogP contribution in [0.25, 0.3) is 0 Å². The fraction of sp³-hybridized carbons (Fsp3) is 0.250. The Bertz CT molecular complexity index is 220. The monoisotopic (exact) mass is 212 g/mol. The summed E-state index contributed by atoms with van der Waals surface area (Å²) in [5.41, 5.74) is 1.50. The Kier molecular flexibility index (Phi) is 4.31. The smallest absolute Gasteiger partial charge is 0.0182 e. The Morgan fingerprint density at radius 3 is 2.40 bits per heavy atom. The van der Waals surface area contributed by atoms with E-state index in [4.69, 9.17) is 0 Å². The van der Waals surface area contributed by atoms with E-state index in [9.17, 15) is 4.39 Å². The van der Waals surface area contributed by atoms with Crippen LogP contribution in [0.2, 0.25) is 0 Å². The number of hydrogen-bond acceptors (Lipinski definition) is 0. The van der Waals surface area contributed by atoms with Gasteiger partial charge in [0, 0.05) is 38.5 Å². The van der Waals surface area contributed by atoms with Crippen LogP contribution in [0.4, 0.5) is 4.39 Å². The minimum absolute atomic E-state index is 0. The van der Waals surface area contributed by atoms with Crippen LogP contribution in [0.1, 0.15) is 11.1 Å². The van der Waals surface area contributed by atoms with E-state index in [1.165, 1.54) is 6.07 Å². The van der Waals surface area contributed by atoms with Crippen LogP contribution in [0.3, 0.4) is 0 Å². The topological polar surface area (TPSA) is 0 Å². The summed E-state index contributed by atoms with van der Waals surface area (Å²) in [5.74, 6) is -0.147. The molecule has 0 atom stereocenters. The molecule has 10 heavy (non-hydrogen) atoms. The summed E-state index contributed by atoms with van der Waals surface area (Å²) < 4.78 is 12.6. The Balaban J connectivity index is 0.000000810.